The Labute approximate surface area is 175 Å². The molecule has 29 heavy (non-hydrogen) atoms. The summed E-state index contributed by atoms with van der Waals surface area (Å²) in [7, 11) is 0. The fourth-order valence-corrected chi connectivity index (χ4v) is 3.16. The van der Waals surface area contributed by atoms with Crippen molar-refractivity contribution in [3.8, 4) is 0 Å². The molecule has 1 heterocycles. The van der Waals surface area contributed by atoms with E-state index in [1.54, 1.807) is 0 Å². The van der Waals surface area contributed by atoms with Crippen LogP contribution in [0, 0.1) is 5.41 Å². The zero-order valence-corrected chi connectivity index (χ0v) is 18.4. The third-order valence-corrected chi connectivity index (χ3v) is 5.02. The maximum atomic E-state index is 12.2. The smallest absolute Gasteiger partial charge is 0.227 e. The number of amides is 1. The lowest BCUT2D eigenvalue weighted by molar-refractivity contribution is -0.128. The lowest BCUT2D eigenvalue weighted by Crippen LogP contribution is -2.47. The van der Waals surface area contributed by atoms with Crippen LogP contribution < -0.4 is 16.0 Å². The lowest BCUT2D eigenvalue weighted by Gasteiger charge is -2.27. The molecule has 0 bridgehead atoms. The van der Waals surface area contributed by atoms with Gasteiger partial charge < -0.3 is 20.7 Å². The third-order valence-electron chi connectivity index (χ3n) is 5.02. The second-order valence-electron chi connectivity index (χ2n) is 7.95. The molecule has 0 saturated carbocycles. The van der Waals surface area contributed by atoms with Crippen molar-refractivity contribution >= 4 is 11.9 Å². The molecule has 0 aromatic heterocycles. The fourth-order valence-electron chi connectivity index (χ4n) is 3.16. The Morgan fingerprint density at radius 1 is 1.07 bits per heavy atom. The molecule has 1 aliphatic heterocycles. The van der Waals surface area contributed by atoms with Crippen LogP contribution in [0.25, 0.3) is 0 Å². The monoisotopic (exact) mass is 403 g/mol. The van der Waals surface area contributed by atoms with Crippen molar-refractivity contribution in [2.75, 3.05) is 45.9 Å². The largest absolute Gasteiger partial charge is 0.379 e. The summed E-state index contributed by atoms with van der Waals surface area (Å²) in [5, 5.41) is 9.49. The van der Waals surface area contributed by atoms with E-state index in [2.05, 4.69) is 45.1 Å². The van der Waals surface area contributed by atoms with Crippen LogP contribution >= 0.6 is 0 Å². The van der Waals surface area contributed by atoms with E-state index in [1.165, 1.54) is 11.1 Å². The number of rotatable bonds is 9. The van der Waals surface area contributed by atoms with E-state index in [-0.39, 0.29) is 5.91 Å². The molecule has 1 aromatic carbocycles. The topological polar surface area (TPSA) is 78.0 Å². The predicted molar refractivity (Wildman–Crippen MR) is 118 cm³/mol. The number of hydrogen-bond acceptors (Lipinski definition) is 4. The van der Waals surface area contributed by atoms with E-state index >= 15 is 0 Å². The fraction of sp³-hybridized carbons (Fsp3) is 0.636. The molecule has 7 heteroatoms. The lowest BCUT2D eigenvalue weighted by atomic mass is 9.92. The highest BCUT2D eigenvalue weighted by Crippen LogP contribution is 2.15. The van der Waals surface area contributed by atoms with Crippen LogP contribution in [0.2, 0.25) is 0 Å². The first-order valence-electron chi connectivity index (χ1n) is 10.6. The maximum Gasteiger partial charge on any atom is 0.227 e. The Kier molecular flexibility index (Phi) is 9.41. The van der Waals surface area contributed by atoms with Gasteiger partial charge in [0.15, 0.2) is 5.96 Å². The minimum absolute atomic E-state index is 0.0409. The summed E-state index contributed by atoms with van der Waals surface area (Å²) in [6.07, 6.45) is 0. The Bertz CT molecular complexity index is 669. The minimum Gasteiger partial charge on any atom is -0.379 e. The predicted octanol–water partition coefficient (Wildman–Crippen LogP) is 1.74. The molecule has 0 atom stereocenters. The van der Waals surface area contributed by atoms with Gasteiger partial charge in [0.1, 0.15) is 0 Å². The molecule has 1 aromatic rings. The highest BCUT2D eigenvalue weighted by molar-refractivity contribution is 5.84. The Balaban J connectivity index is 2.01. The van der Waals surface area contributed by atoms with E-state index in [0.717, 1.165) is 45.4 Å². The number of morpholine rings is 1. The number of hydrogen-bond donors (Lipinski definition) is 3. The number of carbonyl (C=O) groups is 1. The molecule has 0 radical (unpaired) electrons. The van der Waals surface area contributed by atoms with Crippen molar-refractivity contribution < 1.29 is 9.53 Å². The summed E-state index contributed by atoms with van der Waals surface area (Å²) >= 11 is 0. The van der Waals surface area contributed by atoms with Crippen LogP contribution in [0.3, 0.4) is 0 Å². The van der Waals surface area contributed by atoms with E-state index < -0.39 is 5.41 Å². The molecule has 7 nitrogen and oxygen atoms in total. The molecule has 1 amide bonds. The van der Waals surface area contributed by atoms with Crippen molar-refractivity contribution in [2.45, 2.75) is 40.8 Å². The minimum atomic E-state index is -0.513. The first-order valence-corrected chi connectivity index (χ1v) is 10.6. The zero-order chi connectivity index (χ0) is 21.1. The molecular weight excluding hydrogens is 366 g/mol. The van der Waals surface area contributed by atoms with Gasteiger partial charge in [-0.3, -0.25) is 9.69 Å². The summed E-state index contributed by atoms with van der Waals surface area (Å²) in [6, 6.07) is 8.47. The molecule has 1 saturated heterocycles. The molecule has 1 fully saturated rings. The normalized spacial score (nSPS) is 15.8. The maximum absolute atomic E-state index is 12.2. The second-order valence-corrected chi connectivity index (χ2v) is 7.95. The molecule has 3 N–H and O–H groups in total. The number of carbonyl (C=O) groups excluding carboxylic acids is 1. The summed E-state index contributed by atoms with van der Waals surface area (Å²) < 4.78 is 5.45. The zero-order valence-electron chi connectivity index (χ0n) is 18.4. The molecular formula is C22H37N5O2. The molecule has 1 aliphatic rings. The highest BCUT2D eigenvalue weighted by atomic mass is 16.5. The van der Waals surface area contributed by atoms with Gasteiger partial charge in [-0.25, -0.2) is 4.99 Å². The number of benzene rings is 1. The third kappa shape index (κ3) is 7.66. The Morgan fingerprint density at radius 2 is 1.72 bits per heavy atom. The number of aliphatic imine (C=N–C) groups is 1. The van der Waals surface area contributed by atoms with Crippen molar-refractivity contribution in [1.29, 1.82) is 0 Å². The van der Waals surface area contributed by atoms with Crippen molar-refractivity contribution in [3.05, 3.63) is 35.4 Å². The summed E-state index contributed by atoms with van der Waals surface area (Å²) in [5.74, 6) is 0.769. The van der Waals surface area contributed by atoms with Crippen molar-refractivity contribution in [3.63, 3.8) is 0 Å². The van der Waals surface area contributed by atoms with Crippen LogP contribution in [-0.4, -0.2) is 62.7 Å². The number of nitrogens with one attached hydrogen (secondary N) is 3. The van der Waals surface area contributed by atoms with Gasteiger partial charge in [-0.2, -0.15) is 0 Å². The average molecular weight is 404 g/mol. The number of ether oxygens (including phenoxy) is 1. The van der Waals surface area contributed by atoms with E-state index in [0.29, 0.717) is 19.6 Å². The highest BCUT2D eigenvalue weighted by Gasteiger charge is 2.27. The second kappa shape index (κ2) is 11.8. The first kappa shape index (κ1) is 23.2. The molecule has 2 rings (SSSR count). The SMILES string of the molecule is CCNC(=O)C(C)(C)CNC(=NCc1ccccc1CN1CCOCC1)NCC. The van der Waals surface area contributed by atoms with Crippen LogP contribution in [0.5, 0.6) is 0 Å². The van der Waals surface area contributed by atoms with Crippen molar-refractivity contribution in [1.82, 2.24) is 20.9 Å². The van der Waals surface area contributed by atoms with Crippen molar-refractivity contribution in [2.24, 2.45) is 10.4 Å². The van der Waals surface area contributed by atoms with Crippen LogP contribution in [0.4, 0.5) is 0 Å². The molecule has 162 valence electrons. The van der Waals surface area contributed by atoms with E-state index in [9.17, 15) is 4.79 Å². The first-order chi connectivity index (χ1) is 14.0. The average Bonchev–Trinajstić information content (AvgIpc) is 2.72. The van der Waals surface area contributed by atoms with E-state index in [4.69, 9.17) is 9.73 Å². The van der Waals surface area contributed by atoms with Crippen LogP contribution in [-0.2, 0) is 22.6 Å². The van der Waals surface area contributed by atoms with Gasteiger partial charge in [0, 0.05) is 39.3 Å². The van der Waals surface area contributed by atoms with Gasteiger partial charge in [0.2, 0.25) is 5.91 Å². The summed E-state index contributed by atoms with van der Waals surface area (Å²) in [5.41, 5.74) is 2.01. The van der Waals surface area contributed by atoms with Gasteiger partial charge >= 0.3 is 0 Å². The van der Waals surface area contributed by atoms with Crippen LogP contribution in [0.1, 0.15) is 38.8 Å². The molecule has 0 spiro atoms. The molecule has 0 aliphatic carbocycles. The molecule has 0 unspecified atom stereocenters. The van der Waals surface area contributed by atoms with Gasteiger partial charge in [0.05, 0.1) is 25.2 Å². The summed E-state index contributed by atoms with van der Waals surface area (Å²) in [6.45, 7) is 14.8. The van der Waals surface area contributed by atoms with E-state index in [1.807, 2.05) is 27.7 Å². The quantitative estimate of drug-likeness (QED) is 0.432. The Hall–Kier alpha value is -2.12. The Morgan fingerprint density at radius 3 is 2.38 bits per heavy atom. The van der Waals surface area contributed by atoms with Gasteiger partial charge in [-0.1, -0.05) is 24.3 Å². The summed E-state index contributed by atoms with van der Waals surface area (Å²) in [4.78, 5) is 19.4. The number of guanidine groups is 1. The number of nitrogens with zero attached hydrogens (tertiary/aromatic N) is 2. The van der Waals surface area contributed by atoms with Gasteiger partial charge in [-0.15, -0.1) is 0 Å². The standard InChI is InChI=1S/C22H37N5O2/c1-5-23-20(28)22(3,4)17-26-21(24-6-2)25-15-18-9-7-8-10-19(18)16-27-11-13-29-14-12-27/h7-10H,5-6,11-17H2,1-4H3,(H,23,28)(H2,24,25,26). The van der Waals surface area contributed by atoms with Gasteiger partial charge in [-0.05, 0) is 38.8 Å². The van der Waals surface area contributed by atoms with Gasteiger partial charge in [0.25, 0.3) is 0 Å². The van der Waals surface area contributed by atoms with Crippen LogP contribution in [0.15, 0.2) is 29.3 Å².